The van der Waals surface area contributed by atoms with Crippen LogP contribution in [0.4, 0.5) is 0 Å². The largest absolute Gasteiger partial charge is 0.479 e. The van der Waals surface area contributed by atoms with E-state index < -0.39 is 40.2 Å². The predicted octanol–water partition coefficient (Wildman–Crippen LogP) is 5.42. The van der Waals surface area contributed by atoms with Crippen LogP contribution in [0.3, 0.4) is 0 Å². The normalized spacial score (nSPS) is 54.8. The summed E-state index contributed by atoms with van der Waals surface area (Å²) in [5, 5.41) is 21.9. The SMILES string of the molecule is COC(=O)[C@]1(C)[C@@H]2CC[C@]3(C)[C@H](C(=O)C=C4[C@@H]5[C@@H](C)[C@H](C)CC[C@]5(C)CC[C@]43C)[C@@]2(C)CC1(O)C(=O)O. The van der Waals surface area contributed by atoms with Crippen LogP contribution in [0, 0.1) is 56.7 Å². The molecule has 0 aliphatic heterocycles. The smallest absolute Gasteiger partial charge is 0.336 e. The molecule has 6 heteroatoms. The van der Waals surface area contributed by atoms with Gasteiger partial charge in [-0.2, -0.15) is 0 Å². The van der Waals surface area contributed by atoms with E-state index in [1.807, 2.05) is 13.0 Å². The summed E-state index contributed by atoms with van der Waals surface area (Å²) in [6.45, 7) is 15.2. The highest BCUT2D eigenvalue weighted by Gasteiger charge is 2.79. The summed E-state index contributed by atoms with van der Waals surface area (Å²) in [5.74, 6) is -1.55. The first-order chi connectivity index (χ1) is 17.0. The van der Waals surface area contributed by atoms with Crippen LogP contribution in [0.5, 0.6) is 0 Å². The maximum Gasteiger partial charge on any atom is 0.336 e. The number of aliphatic hydroxyl groups is 1. The molecule has 0 bridgehead atoms. The second-order valence-electron chi connectivity index (χ2n) is 14.8. The Morgan fingerprint density at radius 1 is 1.00 bits per heavy atom. The maximum absolute atomic E-state index is 14.4. The Morgan fingerprint density at radius 3 is 2.24 bits per heavy atom. The van der Waals surface area contributed by atoms with Gasteiger partial charge in [-0.3, -0.25) is 9.59 Å². The summed E-state index contributed by atoms with van der Waals surface area (Å²) >= 11 is 0. The zero-order valence-electron chi connectivity index (χ0n) is 23.9. The van der Waals surface area contributed by atoms with Gasteiger partial charge in [0.2, 0.25) is 0 Å². The van der Waals surface area contributed by atoms with E-state index in [1.54, 1.807) is 6.92 Å². The quantitative estimate of drug-likeness (QED) is 0.477. The van der Waals surface area contributed by atoms with E-state index >= 15 is 0 Å². The van der Waals surface area contributed by atoms with E-state index in [-0.39, 0.29) is 28.4 Å². The molecule has 5 aliphatic rings. The van der Waals surface area contributed by atoms with Crippen LogP contribution in [0.1, 0.15) is 93.4 Å². The van der Waals surface area contributed by atoms with Crippen molar-refractivity contribution in [1.82, 2.24) is 0 Å². The van der Waals surface area contributed by atoms with Crippen molar-refractivity contribution in [2.75, 3.05) is 7.11 Å². The van der Waals surface area contributed by atoms with Gasteiger partial charge in [0.15, 0.2) is 11.4 Å². The number of carbonyl (C=O) groups excluding carboxylic acids is 2. The van der Waals surface area contributed by atoms with Crippen molar-refractivity contribution >= 4 is 17.7 Å². The minimum Gasteiger partial charge on any atom is -0.479 e. The lowest BCUT2D eigenvalue weighted by Gasteiger charge is -2.68. The molecule has 0 radical (unpaired) electrons. The number of hydrogen-bond donors (Lipinski definition) is 2. The Balaban J connectivity index is 1.68. The Morgan fingerprint density at radius 2 is 1.65 bits per heavy atom. The molecule has 37 heavy (non-hydrogen) atoms. The van der Waals surface area contributed by atoms with E-state index in [0.29, 0.717) is 30.6 Å². The molecule has 0 saturated heterocycles. The van der Waals surface area contributed by atoms with Gasteiger partial charge >= 0.3 is 11.9 Å². The third-order valence-electron chi connectivity index (χ3n) is 13.6. The number of carboxylic acids is 1. The fourth-order valence-corrected chi connectivity index (χ4v) is 11.1. The van der Waals surface area contributed by atoms with Crippen molar-refractivity contribution in [2.24, 2.45) is 56.7 Å². The van der Waals surface area contributed by atoms with E-state index in [9.17, 15) is 24.6 Å². The number of ether oxygens (including phenoxy) is 1. The molecule has 4 saturated carbocycles. The Labute approximate surface area is 221 Å². The van der Waals surface area contributed by atoms with Gasteiger partial charge in [0.1, 0.15) is 5.41 Å². The van der Waals surface area contributed by atoms with Crippen molar-refractivity contribution in [3.8, 4) is 0 Å². The first-order valence-electron chi connectivity index (χ1n) is 14.3. The molecule has 206 valence electrons. The fraction of sp³-hybridized carbons (Fsp3) is 0.839. The lowest BCUT2D eigenvalue weighted by Crippen LogP contribution is -2.64. The highest BCUT2D eigenvalue weighted by Crippen LogP contribution is 2.77. The van der Waals surface area contributed by atoms with Crippen LogP contribution < -0.4 is 0 Å². The number of rotatable bonds is 2. The molecule has 0 heterocycles. The molecule has 2 N–H and O–H groups in total. The number of allylic oxidation sites excluding steroid dienone is 2. The maximum atomic E-state index is 14.4. The van der Waals surface area contributed by atoms with Crippen LogP contribution in [0.15, 0.2) is 11.6 Å². The molecule has 5 rings (SSSR count). The molecule has 6 nitrogen and oxygen atoms in total. The Hall–Kier alpha value is -1.69. The van der Waals surface area contributed by atoms with Crippen LogP contribution in [0.2, 0.25) is 0 Å². The number of hydrogen-bond acceptors (Lipinski definition) is 5. The summed E-state index contributed by atoms with van der Waals surface area (Å²) in [4.78, 5) is 40.1. The molecule has 4 fully saturated rings. The molecule has 0 amide bonds. The highest BCUT2D eigenvalue weighted by atomic mass is 16.5. The molecular formula is C31H46O6. The van der Waals surface area contributed by atoms with Gasteiger partial charge < -0.3 is 14.9 Å². The van der Waals surface area contributed by atoms with E-state index in [4.69, 9.17) is 4.74 Å². The lowest BCUT2D eigenvalue weighted by molar-refractivity contribution is -0.190. The Kier molecular flexibility index (Phi) is 5.60. The standard InChI is InChI=1S/C31H46O6/c1-17-9-11-26(3)13-14-28(5)19(22(26)18(17)2)15-20(32)23-27(4)16-31(36,24(33)34)30(7,25(35)37-8)21(27)10-12-29(23,28)6/h15,17-18,21-23,36H,9-14,16H2,1-8H3,(H,33,34)/t17-,18+,21-,22+,23-,26-,27+,28-,29-,30+,31?/m1/s1. The number of ketones is 1. The third kappa shape index (κ3) is 2.89. The molecule has 0 aromatic carbocycles. The number of esters is 1. The first-order valence-corrected chi connectivity index (χ1v) is 14.3. The monoisotopic (exact) mass is 514 g/mol. The second kappa shape index (κ2) is 7.70. The van der Waals surface area contributed by atoms with Crippen molar-refractivity contribution < 1.29 is 29.3 Å². The van der Waals surface area contributed by atoms with Crippen molar-refractivity contribution in [1.29, 1.82) is 0 Å². The molecule has 0 aromatic heterocycles. The number of fused-ring (bicyclic) bond motifs is 7. The highest BCUT2D eigenvalue weighted by molar-refractivity contribution is 5.97. The summed E-state index contributed by atoms with van der Waals surface area (Å²) in [6.07, 6.45) is 7.65. The number of methoxy groups -OCH3 is 1. The molecule has 0 spiro atoms. The molecule has 1 unspecified atom stereocenters. The second-order valence-corrected chi connectivity index (χ2v) is 14.8. The number of aliphatic carboxylic acids is 1. The zero-order valence-corrected chi connectivity index (χ0v) is 23.9. The number of carboxylic acid groups (broad SMARTS) is 1. The summed E-state index contributed by atoms with van der Waals surface area (Å²) in [6, 6.07) is 0. The Bertz CT molecular complexity index is 1100. The van der Waals surface area contributed by atoms with Gasteiger partial charge in [-0.15, -0.1) is 0 Å². The average Bonchev–Trinajstić information content (AvgIpc) is 3.01. The summed E-state index contributed by atoms with van der Waals surface area (Å²) in [5.41, 5.74) is -3.85. The minimum absolute atomic E-state index is 0.0544. The van der Waals surface area contributed by atoms with Gasteiger partial charge in [0.25, 0.3) is 0 Å². The van der Waals surface area contributed by atoms with Gasteiger partial charge in [-0.05, 0) is 103 Å². The van der Waals surface area contributed by atoms with E-state index in [1.165, 1.54) is 25.5 Å². The van der Waals surface area contributed by atoms with E-state index in [0.717, 1.165) is 12.8 Å². The van der Waals surface area contributed by atoms with Crippen LogP contribution in [-0.4, -0.2) is 40.6 Å². The van der Waals surface area contributed by atoms with Crippen LogP contribution >= 0.6 is 0 Å². The van der Waals surface area contributed by atoms with Gasteiger partial charge in [0, 0.05) is 5.92 Å². The molecule has 11 atom stereocenters. The van der Waals surface area contributed by atoms with Crippen LogP contribution in [0.25, 0.3) is 0 Å². The minimum atomic E-state index is -2.30. The fourth-order valence-electron chi connectivity index (χ4n) is 11.1. The zero-order chi connectivity index (χ0) is 27.6. The van der Waals surface area contributed by atoms with Crippen molar-refractivity contribution in [3.05, 3.63) is 11.6 Å². The van der Waals surface area contributed by atoms with Gasteiger partial charge in [0.05, 0.1) is 7.11 Å². The van der Waals surface area contributed by atoms with Crippen molar-refractivity contribution in [2.45, 2.75) is 99.0 Å². The van der Waals surface area contributed by atoms with Crippen LogP contribution in [-0.2, 0) is 19.1 Å². The summed E-state index contributed by atoms with van der Waals surface area (Å²) < 4.78 is 5.10. The van der Waals surface area contributed by atoms with Gasteiger partial charge in [-0.1, -0.05) is 47.1 Å². The van der Waals surface area contributed by atoms with E-state index in [2.05, 4.69) is 34.6 Å². The molecule has 0 aromatic rings. The molecule has 5 aliphatic carbocycles. The van der Waals surface area contributed by atoms with Crippen molar-refractivity contribution in [3.63, 3.8) is 0 Å². The summed E-state index contributed by atoms with van der Waals surface area (Å²) in [7, 11) is 1.24. The molecular weight excluding hydrogens is 468 g/mol. The lowest BCUT2D eigenvalue weighted by atomic mass is 9.35. The predicted molar refractivity (Wildman–Crippen MR) is 139 cm³/mol. The third-order valence-corrected chi connectivity index (χ3v) is 13.6. The topological polar surface area (TPSA) is 101 Å². The number of carbonyl (C=O) groups is 3. The first kappa shape index (κ1) is 26.9. The van der Waals surface area contributed by atoms with Gasteiger partial charge in [-0.25, -0.2) is 4.79 Å². The average molecular weight is 515 g/mol.